The van der Waals surface area contributed by atoms with Crippen LogP contribution in [-0.4, -0.2) is 19.9 Å². The zero-order chi connectivity index (χ0) is 25.1. The highest BCUT2D eigenvalue weighted by molar-refractivity contribution is 5.84. The summed E-state index contributed by atoms with van der Waals surface area (Å²) in [6.07, 6.45) is 17.2. The monoisotopic (exact) mass is 478 g/mol. The summed E-state index contributed by atoms with van der Waals surface area (Å²) in [7, 11) is 0. The van der Waals surface area contributed by atoms with Gasteiger partial charge in [0.05, 0.1) is 33.8 Å². The molecule has 2 aliphatic rings. The van der Waals surface area contributed by atoms with Crippen LogP contribution in [0, 0.1) is 0 Å². The Morgan fingerprint density at radius 3 is 1.17 bits per heavy atom. The topological polar surface area (TPSA) is 57.4 Å². The fraction of sp³-hybridized carbons (Fsp3) is 0.375. The van der Waals surface area contributed by atoms with Crippen molar-refractivity contribution in [2.24, 2.45) is 0 Å². The maximum Gasteiger partial charge on any atom is 0.0872 e. The zero-order valence-electron chi connectivity index (χ0n) is 22.2. The molecule has 0 unspecified atom stereocenters. The Balaban J connectivity index is 1.94. The Morgan fingerprint density at radius 2 is 0.778 bits per heavy atom. The van der Waals surface area contributed by atoms with Crippen molar-refractivity contribution in [3.63, 3.8) is 0 Å². The van der Waals surface area contributed by atoms with E-state index in [1.807, 2.05) is 0 Å². The molecule has 0 spiro atoms. The largest absolute Gasteiger partial charge is 0.354 e. The van der Waals surface area contributed by atoms with Gasteiger partial charge in [-0.05, 0) is 96.5 Å². The van der Waals surface area contributed by atoms with Gasteiger partial charge in [0.1, 0.15) is 0 Å². The van der Waals surface area contributed by atoms with Crippen molar-refractivity contribution in [1.82, 2.24) is 19.9 Å². The second-order valence-electron chi connectivity index (χ2n) is 9.92. The van der Waals surface area contributed by atoms with E-state index >= 15 is 0 Å². The Morgan fingerprint density at radius 1 is 0.444 bits per heavy atom. The first-order valence-corrected chi connectivity index (χ1v) is 13.8. The van der Waals surface area contributed by atoms with Crippen molar-refractivity contribution in [1.29, 1.82) is 0 Å². The van der Waals surface area contributed by atoms with E-state index in [4.69, 9.17) is 9.97 Å². The highest BCUT2D eigenvalue weighted by Gasteiger charge is 2.15. The summed E-state index contributed by atoms with van der Waals surface area (Å²) in [5.74, 6) is 0. The number of aromatic amines is 2. The summed E-state index contributed by atoms with van der Waals surface area (Å²) in [4.78, 5) is 17.8. The first-order valence-electron chi connectivity index (χ1n) is 13.8. The van der Waals surface area contributed by atoms with Crippen LogP contribution in [0.15, 0.2) is 24.3 Å². The Hall–Kier alpha value is -3.40. The van der Waals surface area contributed by atoms with E-state index in [1.54, 1.807) is 0 Å². The van der Waals surface area contributed by atoms with Crippen molar-refractivity contribution in [3.05, 3.63) is 69.3 Å². The molecule has 8 bridgehead atoms. The van der Waals surface area contributed by atoms with Gasteiger partial charge in [-0.1, -0.05) is 53.4 Å². The second kappa shape index (κ2) is 10.7. The molecule has 3 aromatic heterocycles. The van der Waals surface area contributed by atoms with Gasteiger partial charge in [-0.15, -0.1) is 0 Å². The molecule has 5 rings (SSSR count). The summed E-state index contributed by atoms with van der Waals surface area (Å²) < 4.78 is 0. The van der Waals surface area contributed by atoms with E-state index in [9.17, 15) is 0 Å². The van der Waals surface area contributed by atoms with Gasteiger partial charge in [0.2, 0.25) is 0 Å². The predicted octanol–water partition coefficient (Wildman–Crippen LogP) is 8.47. The number of nitrogens with zero attached hydrogens (tertiary/aromatic N) is 2. The molecule has 0 saturated heterocycles. The number of aromatic nitrogens is 4. The molecule has 3 aromatic rings. The molecule has 4 nitrogen and oxygen atoms in total. The SMILES string of the molecule is CCCc1c2nc(c3ccc([nH]3)c(CCC)c(CCC)c3nc(c4ccc([nH]4)c1CCC)C=C3)C=C2. The third-order valence-corrected chi connectivity index (χ3v) is 7.20. The average molecular weight is 479 g/mol. The molecule has 0 amide bonds. The quantitative estimate of drug-likeness (QED) is 0.235. The number of hydrogen-bond acceptors (Lipinski definition) is 2. The van der Waals surface area contributed by atoms with Crippen LogP contribution in [-0.2, 0) is 25.7 Å². The lowest BCUT2D eigenvalue weighted by atomic mass is 9.98. The lowest BCUT2D eigenvalue weighted by molar-refractivity contribution is 0.860. The summed E-state index contributed by atoms with van der Waals surface area (Å²) in [6, 6.07) is 8.84. The molecule has 0 radical (unpaired) electrons. The fourth-order valence-electron chi connectivity index (χ4n) is 5.56. The first kappa shape index (κ1) is 24.3. The fourth-order valence-corrected chi connectivity index (χ4v) is 5.56. The number of nitrogens with one attached hydrogen (secondary N) is 2. The van der Waals surface area contributed by atoms with Crippen molar-refractivity contribution in [2.75, 3.05) is 0 Å². The van der Waals surface area contributed by atoms with Gasteiger partial charge >= 0.3 is 0 Å². The Labute approximate surface area is 214 Å². The first-order chi connectivity index (χ1) is 17.7. The minimum Gasteiger partial charge on any atom is -0.354 e. The van der Waals surface area contributed by atoms with E-state index in [0.29, 0.717) is 0 Å². The van der Waals surface area contributed by atoms with Crippen LogP contribution < -0.4 is 0 Å². The number of aryl methyl sites for hydroxylation is 2. The highest BCUT2D eigenvalue weighted by atomic mass is 14.8. The lowest BCUT2D eigenvalue weighted by Gasteiger charge is -2.09. The van der Waals surface area contributed by atoms with E-state index in [0.717, 1.165) is 85.2 Å². The zero-order valence-corrected chi connectivity index (χ0v) is 22.2. The van der Waals surface area contributed by atoms with Gasteiger partial charge < -0.3 is 9.97 Å². The molecule has 0 atom stereocenters. The van der Waals surface area contributed by atoms with Crippen molar-refractivity contribution < 1.29 is 0 Å². The maximum absolute atomic E-state index is 5.15. The summed E-state index contributed by atoms with van der Waals surface area (Å²) in [5, 5.41) is 0. The minimum atomic E-state index is 1.01. The minimum absolute atomic E-state index is 1.01. The van der Waals surface area contributed by atoms with Gasteiger partial charge in [-0.25, -0.2) is 9.97 Å². The van der Waals surface area contributed by atoms with Gasteiger partial charge in [-0.3, -0.25) is 0 Å². The van der Waals surface area contributed by atoms with Crippen LogP contribution in [0.4, 0.5) is 0 Å². The van der Waals surface area contributed by atoms with Gasteiger partial charge in [-0.2, -0.15) is 0 Å². The van der Waals surface area contributed by atoms with Gasteiger partial charge in [0.15, 0.2) is 0 Å². The summed E-state index contributed by atoms with van der Waals surface area (Å²) in [5.41, 5.74) is 14.2. The third-order valence-electron chi connectivity index (χ3n) is 7.20. The molecule has 0 saturated carbocycles. The Kier molecular flexibility index (Phi) is 7.22. The van der Waals surface area contributed by atoms with Crippen LogP contribution in [0.5, 0.6) is 0 Å². The number of hydrogen-bond donors (Lipinski definition) is 2. The molecular weight excluding hydrogens is 440 g/mol. The smallest absolute Gasteiger partial charge is 0.0872 e. The number of rotatable bonds is 8. The normalized spacial score (nSPS) is 12.6. The van der Waals surface area contributed by atoms with Crippen molar-refractivity contribution in [2.45, 2.75) is 79.1 Å². The van der Waals surface area contributed by atoms with Crippen LogP contribution >= 0.6 is 0 Å². The summed E-state index contributed by atoms with van der Waals surface area (Å²) in [6.45, 7) is 9.01. The van der Waals surface area contributed by atoms with Crippen LogP contribution in [0.25, 0.3) is 46.4 Å². The Bertz CT molecular complexity index is 1370. The average Bonchev–Trinajstić information content (AvgIpc) is 3.68. The molecule has 0 fully saturated rings. The maximum atomic E-state index is 5.15. The molecule has 2 N–H and O–H groups in total. The molecule has 36 heavy (non-hydrogen) atoms. The molecular formula is C32H38N4. The number of fused-ring (bicyclic) bond motifs is 10. The van der Waals surface area contributed by atoms with Crippen LogP contribution in [0.1, 0.15) is 98.4 Å². The van der Waals surface area contributed by atoms with E-state index in [2.05, 4.69) is 86.2 Å². The molecule has 4 heteroatoms. The highest BCUT2D eigenvalue weighted by Crippen LogP contribution is 2.29. The molecule has 0 aromatic carbocycles. The second-order valence-corrected chi connectivity index (χ2v) is 9.92. The van der Waals surface area contributed by atoms with Crippen LogP contribution in [0.2, 0.25) is 0 Å². The van der Waals surface area contributed by atoms with E-state index < -0.39 is 0 Å². The van der Waals surface area contributed by atoms with Gasteiger partial charge in [0, 0.05) is 11.0 Å². The third kappa shape index (κ3) is 4.57. The molecule has 0 aliphatic carbocycles. The predicted molar refractivity (Wildman–Crippen MR) is 155 cm³/mol. The molecule has 2 aliphatic heterocycles. The standard InChI is InChI=1S/C32H38N4/c1-5-9-21-22(10-6-2)26-14-18-31(34-26)32-20-16-28(36-32)24(12-8-4)23(11-7-3)27-15-19-30(35-27)29-17-13-25(21)33-29/h13-20,33,36H,5-12H2,1-4H3. The van der Waals surface area contributed by atoms with Crippen molar-refractivity contribution in [3.8, 4) is 0 Å². The van der Waals surface area contributed by atoms with E-state index in [1.165, 1.54) is 33.3 Å². The van der Waals surface area contributed by atoms with E-state index in [-0.39, 0.29) is 0 Å². The van der Waals surface area contributed by atoms with Gasteiger partial charge in [0.25, 0.3) is 0 Å². The lowest BCUT2D eigenvalue weighted by Crippen LogP contribution is -1.98. The molecule has 186 valence electrons. The molecule has 5 heterocycles. The van der Waals surface area contributed by atoms with Crippen molar-refractivity contribution >= 4 is 46.4 Å². The van der Waals surface area contributed by atoms with Crippen LogP contribution in [0.3, 0.4) is 0 Å². The summed E-state index contributed by atoms with van der Waals surface area (Å²) >= 11 is 0. The number of H-pyrrole nitrogens is 2.